The van der Waals surface area contributed by atoms with Crippen LogP contribution in [0.25, 0.3) is 0 Å². The maximum absolute atomic E-state index is 12.4. The highest BCUT2D eigenvalue weighted by molar-refractivity contribution is 9.10. The van der Waals surface area contributed by atoms with Crippen molar-refractivity contribution in [2.75, 3.05) is 20.1 Å². The van der Waals surface area contributed by atoms with Gasteiger partial charge in [0, 0.05) is 24.1 Å². The van der Waals surface area contributed by atoms with E-state index in [2.05, 4.69) is 21.2 Å². The lowest BCUT2D eigenvalue weighted by Gasteiger charge is -2.20. The zero-order chi connectivity index (χ0) is 16.3. The Morgan fingerprint density at radius 1 is 1.39 bits per heavy atom. The lowest BCUT2D eigenvalue weighted by atomic mass is 10.2. The van der Waals surface area contributed by atoms with Gasteiger partial charge in [0.25, 0.3) is 0 Å². The van der Waals surface area contributed by atoms with Gasteiger partial charge in [0.1, 0.15) is 0 Å². The lowest BCUT2D eigenvalue weighted by molar-refractivity contribution is -0.121. The van der Waals surface area contributed by atoms with Crippen LogP contribution in [0.3, 0.4) is 0 Å². The molecule has 0 aliphatic heterocycles. The van der Waals surface area contributed by atoms with Crippen LogP contribution < -0.4 is 11.1 Å². The van der Waals surface area contributed by atoms with Gasteiger partial charge < -0.3 is 11.1 Å². The predicted molar refractivity (Wildman–Crippen MR) is 94.9 cm³/mol. The van der Waals surface area contributed by atoms with Crippen LogP contribution in [0, 0.1) is 5.92 Å². The van der Waals surface area contributed by atoms with Gasteiger partial charge >= 0.3 is 0 Å². The van der Waals surface area contributed by atoms with Gasteiger partial charge in [-0.1, -0.05) is 15.9 Å². The molecule has 1 fully saturated rings. The molecule has 1 amide bonds. The van der Waals surface area contributed by atoms with Crippen LogP contribution in [-0.2, 0) is 14.8 Å². The maximum atomic E-state index is 12.4. The molecule has 1 unspecified atom stereocenters. The van der Waals surface area contributed by atoms with E-state index in [4.69, 9.17) is 5.73 Å². The van der Waals surface area contributed by atoms with Crippen molar-refractivity contribution < 1.29 is 13.2 Å². The van der Waals surface area contributed by atoms with E-state index in [-0.39, 0.29) is 35.8 Å². The standard InChI is InChI=1S/C14H20BrN3O3S.ClH/c1-18(9-14(19)17-13(8-16)10-2-3-10)22(20,21)12-6-4-11(15)5-7-12;/h4-7,10,13H,2-3,8-9,16H2,1H3,(H,17,19);1H. The van der Waals surface area contributed by atoms with Crippen molar-refractivity contribution in [2.45, 2.75) is 23.8 Å². The minimum atomic E-state index is -3.68. The molecule has 2 rings (SSSR count). The molecule has 3 N–H and O–H groups in total. The van der Waals surface area contributed by atoms with Gasteiger partial charge in [0.2, 0.25) is 15.9 Å². The molecular formula is C14H21BrClN3O3S. The number of nitrogens with two attached hydrogens (primary N) is 1. The Labute approximate surface area is 151 Å². The lowest BCUT2D eigenvalue weighted by Crippen LogP contribution is -2.46. The van der Waals surface area contributed by atoms with E-state index in [0.717, 1.165) is 21.6 Å². The Balaban J connectivity index is 0.00000264. The van der Waals surface area contributed by atoms with Crippen molar-refractivity contribution in [3.8, 4) is 0 Å². The fraction of sp³-hybridized carbons (Fsp3) is 0.500. The number of halogens is 2. The third kappa shape index (κ3) is 5.42. The van der Waals surface area contributed by atoms with Crippen LogP contribution in [0.2, 0.25) is 0 Å². The molecule has 0 saturated heterocycles. The first-order valence-corrected chi connectivity index (χ1v) is 9.29. The number of sulfonamides is 1. The highest BCUT2D eigenvalue weighted by atomic mass is 79.9. The molecule has 0 heterocycles. The molecule has 1 aromatic rings. The van der Waals surface area contributed by atoms with E-state index in [1.165, 1.54) is 19.2 Å². The molecule has 0 radical (unpaired) electrons. The molecule has 1 saturated carbocycles. The first-order valence-electron chi connectivity index (χ1n) is 7.06. The summed E-state index contributed by atoms with van der Waals surface area (Å²) >= 11 is 3.26. The third-order valence-corrected chi connectivity index (χ3v) is 6.03. The van der Waals surface area contributed by atoms with Crippen LogP contribution in [0.15, 0.2) is 33.6 Å². The molecule has 1 aliphatic carbocycles. The van der Waals surface area contributed by atoms with Crippen molar-refractivity contribution in [3.05, 3.63) is 28.7 Å². The summed E-state index contributed by atoms with van der Waals surface area (Å²) < 4.78 is 26.6. The minimum Gasteiger partial charge on any atom is -0.351 e. The fourth-order valence-electron chi connectivity index (χ4n) is 2.19. The third-order valence-electron chi connectivity index (χ3n) is 3.68. The Bertz CT molecular complexity index is 635. The molecule has 0 spiro atoms. The van der Waals surface area contributed by atoms with Crippen LogP contribution in [-0.4, -0.2) is 44.8 Å². The average Bonchev–Trinajstić information content (AvgIpc) is 3.29. The van der Waals surface area contributed by atoms with Crippen LogP contribution in [0.4, 0.5) is 0 Å². The normalized spacial score (nSPS) is 15.8. The van der Waals surface area contributed by atoms with E-state index >= 15 is 0 Å². The number of carbonyl (C=O) groups excluding carboxylic acids is 1. The second-order valence-electron chi connectivity index (χ2n) is 5.46. The van der Waals surface area contributed by atoms with Gasteiger partial charge in [-0.15, -0.1) is 12.4 Å². The topological polar surface area (TPSA) is 92.5 Å². The van der Waals surface area contributed by atoms with Crippen molar-refractivity contribution in [3.63, 3.8) is 0 Å². The van der Waals surface area contributed by atoms with E-state index in [0.29, 0.717) is 12.5 Å². The first-order chi connectivity index (χ1) is 10.3. The second-order valence-corrected chi connectivity index (χ2v) is 8.42. The van der Waals surface area contributed by atoms with Crippen LogP contribution in [0.1, 0.15) is 12.8 Å². The van der Waals surface area contributed by atoms with E-state index in [1.54, 1.807) is 12.1 Å². The molecule has 1 aromatic carbocycles. The smallest absolute Gasteiger partial charge is 0.243 e. The van der Waals surface area contributed by atoms with Gasteiger partial charge in [-0.2, -0.15) is 4.31 Å². The Morgan fingerprint density at radius 2 is 1.96 bits per heavy atom. The molecule has 6 nitrogen and oxygen atoms in total. The van der Waals surface area contributed by atoms with Crippen LogP contribution >= 0.6 is 28.3 Å². The summed E-state index contributed by atoms with van der Waals surface area (Å²) in [5.41, 5.74) is 5.63. The predicted octanol–water partition coefficient (Wildman–Crippen LogP) is 1.34. The summed E-state index contributed by atoms with van der Waals surface area (Å²) in [6.07, 6.45) is 2.13. The molecule has 23 heavy (non-hydrogen) atoms. The van der Waals surface area contributed by atoms with Crippen molar-refractivity contribution >= 4 is 44.3 Å². The summed E-state index contributed by atoms with van der Waals surface area (Å²) in [4.78, 5) is 12.2. The van der Waals surface area contributed by atoms with Gasteiger partial charge in [-0.3, -0.25) is 4.79 Å². The number of benzene rings is 1. The SMILES string of the molecule is CN(CC(=O)NC(CN)C1CC1)S(=O)(=O)c1ccc(Br)cc1.Cl. The molecule has 9 heteroatoms. The number of carbonyl (C=O) groups is 1. The minimum absolute atomic E-state index is 0. The number of rotatable bonds is 7. The Morgan fingerprint density at radius 3 is 2.43 bits per heavy atom. The summed E-state index contributed by atoms with van der Waals surface area (Å²) in [5, 5.41) is 2.81. The fourth-order valence-corrected chi connectivity index (χ4v) is 3.59. The summed E-state index contributed by atoms with van der Waals surface area (Å²) in [7, 11) is -2.28. The van der Waals surface area contributed by atoms with E-state index in [9.17, 15) is 13.2 Å². The van der Waals surface area contributed by atoms with E-state index in [1.807, 2.05) is 0 Å². The van der Waals surface area contributed by atoms with Gasteiger partial charge in [-0.25, -0.2) is 8.42 Å². The highest BCUT2D eigenvalue weighted by Gasteiger charge is 2.32. The summed E-state index contributed by atoms with van der Waals surface area (Å²) in [6.45, 7) is 0.154. The summed E-state index contributed by atoms with van der Waals surface area (Å²) in [6, 6.07) is 6.24. The van der Waals surface area contributed by atoms with Crippen molar-refractivity contribution in [1.82, 2.24) is 9.62 Å². The number of likely N-dealkylation sites (N-methyl/N-ethyl adjacent to an activating group) is 1. The molecule has 0 bridgehead atoms. The monoisotopic (exact) mass is 425 g/mol. The second kappa shape index (κ2) is 8.43. The van der Waals surface area contributed by atoms with Crippen molar-refractivity contribution in [1.29, 1.82) is 0 Å². The molecule has 130 valence electrons. The van der Waals surface area contributed by atoms with Gasteiger partial charge in [-0.05, 0) is 43.0 Å². The zero-order valence-electron chi connectivity index (χ0n) is 12.7. The largest absolute Gasteiger partial charge is 0.351 e. The van der Waals surface area contributed by atoms with Gasteiger partial charge in [0.05, 0.1) is 11.4 Å². The molecule has 0 aromatic heterocycles. The first kappa shape index (κ1) is 20.4. The number of nitrogens with one attached hydrogen (secondary N) is 1. The Kier molecular flexibility index (Phi) is 7.47. The number of hydrogen-bond donors (Lipinski definition) is 2. The summed E-state index contributed by atoms with van der Waals surface area (Å²) in [5.74, 6) is 0.105. The maximum Gasteiger partial charge on any atom is 0.243 e. The highest BCUT2D eigenvalue weighted by Crippen LogP contribution is 2.32. The molecule has 1 aliphatic rings. The van der Waals surface area contributed by atoms with Crippen molar-refractivity contribution in [2.24, 2.45) is 11.7 Å². The van der Waals surface area contributed by atoms with E-state index < -0.39 is 10.0 Å². The van der Waals surface area contributed by atoms with Crippen LogP contribution in [0.5, 0.6) is 0 Å². The number of nitrogens with zero attached hydrogens (tertiary/aromatic N) is 1. The Hall–Kier alpha value is -0.670. The molecule has 1 atom stereocenters. The van der Waals surface area contributed by atoms with Gasteiger partial charge in [0.15, 0.2) is 0 Å². The molecular weight excluding hydrogens is 406 g/mol. The quantitative estimate of drug-likeness (QED) is 0.688. The number of hydrogen-bond acceptors (Lipinski definition) is 4. The average molecular weight is 427 g/mol. The zero-order valence-corrected chi connectivity index (χ0v) is 16.0. The number of amides is 1.